The first kappa shape index (κ1) is 20.8. The maximum Gasteiger partial charge on any atom is 0.261 e. The van der Waals surface area contributed by atoms with Crippen molar-refractivity contribution < 1.29 is 9.53 Å². The van der Waals surface area contributed by atoms with Crippen molar-refractivity contribution in [2.75, 3.05) is 7.11 Å². The number of methoxy groups -OCH3 is 1. The van der Waals surface area contributed by atoms with Gasteiger partial charge in [-0.2, -0.15) is 4.37 Å². The lowest BCUT2D eigenvalue weighted by Crippen LogP contribution is -2.37. The van der Waals surface area contributed by atoms with Crippen LogP contribution in [0.4, 0.5) is 0 Å². The number of aromatic nitrogens is 1. The topological polar surface area (TPSA) is 89.6 Å². The Kier molecular flexibility index (Phi) is 6.51. The third-order valence-electron chi connectivity index (χ3n) is 4.23. The van der Waals surface area contributed by atoms with Crippen molar-refractivity contribution in [2.24, 2.45) is 10.7 Å². The van der Waals surface area contributed by atoms with Gasteiger partial charge in [-0.3, -0.25) is 10.1 Å². The SMILES string of the molecule is COc1ccc(-c2nsc(C)c2C(=O)NC(N)=NCc2cc(C)cc(Cl)c2)cc1. The number of aryl methyl sites for hydroxylation is 2. The van der Waals surface area contributed by atoms with Gasteiger partial charge in [-0.15, -0.1) is 0 Å². The Morgan fingerprint density at radius 3 is 2.62 bits per heavy atom. The summed E-state index contributed by atoms with van der Waals surface area (Å²) < 4.78 is 9.61. The van der Waals surface area contributed by atoms with Crippen molar-refractivity contribution in [1.82, 2.24) is 9.69 Å². The van der Waals surface area contributed by atoms with Gasteiger partial charge in [0, 0.05) is 15.5 Å². The van der Waals surface area contributed by atoms with Crippen molar-refractivity contribution in [1.29, 1.82) is 0 Å². The van der Waals surface area contributed by atoms with E-state index in [2.05, 4.69) is 14.7 Å². The van der Waals surface area contributed by atoms with Crippen LogP contribution in [-0.4, -0.2) is 23.4 Å². The van der Waals surface area contributed by atoms with Crippen LogP contribution in [0, 0.1) is 13.8 Å². The smallest absolute Gasteiger partial charge is 0.261 e. The predicted octanol–water partition coefficient (Wildman–Crippen LogP) is 4.33. The molecule has 0 fully saturated rings. The highest BCUT2D eigenvalue weighted by atomic mass is 35.5. The highest BCUT2D eigenvalue weighted by molar-refractivity contribution is 7.06. The fraction of sp³-hybridized carbons (Fsp3) is 0.190. The molecule has 0 unspecified atom stereocenters. The molecule has 0 saturated heterocycles. The highest BCUT2D eigenvalue weighted by Crippen LogP contribution is 2.29. The summed E-state index contributed by atoms with van der Waals surface area (Å²) in [5.74, 6) is 0.434. The van der Waals surface area contributed by atoms with Crippen LogP contribution in [-0.2, 0) is 6.54 Å². The molecule has 0 radical (unpaired) electrons. The van der Waals surface area contributed by atoms with Gasteiger partial charge in [0.1, 0.15) is 5.75 Å². The molecular weight excluding hydrogens is 408 g/mol. The minimum atomic E-state index is -0.342. The first-order valence-corrected chi connectivity index (χ1v) is 10.0. The number of carbonyl (C=O) groups is 1. The molecule has 0 aliphatic rings. The maximum atomic E-state index is 12.8. The number of hydrogen-bond donors (Lipinski definition) is 2. The van der Waals surface area contributed by atoms with Crippen LogP contribution in [0.3, 0.4) is 0 Å². The zero-order valence-electron chi connectivity index (χ0n) is 16.3. The van der Waals surface area contributed by atoms with Crippen LogP contribution in [0.2, 0.25) is 5.02 Å². The number of guanidine groups is 1. The second-order valence-corrected chi connectivity index (χ2v) is 7.90. The molecule has 8 heteroatoms. The van der Waals surface area contributed by atoms with Crippen LogP contribution in [0.5, 0.6) is 5.75 Å². The molecule has 3 N–H and O–H groups in total. The van der Waals surface area contributed by atoms with Crippen LogP contribution >= 0.6 is 23.1 Å². The van der Waals surface area contributed by atoms with E-state index in [1.165, 1.54) is 11.5 Å². The molecule has 1 heterocycles. The predicted molar refractivity (Wildman–Crippen MR) is 118 cm³/mol. The Hall–Kier alpha value is -2.90. The first-order valence-electron chi connectivity index (χ1n) is 8.85. The molecule has 29 heavy (non-hydrogen) atoms. The lowest BCUT2D eigenvalue weighted by Gasteiger charge is -2.07. The molecule has 0 saturated carbocycles. The number of nitrogens with zero attached hydrogens (tertiary/aromatic N) is 2. The number of carbonyl (C=O) groups excluding carboxylic acids is 1. The zero-order chi connectivity index (χ0) is 21.0. The molecule has 3 aromatic rings. The summed E-state index contributed by atoms with van der Waals surface area (Å²) in [7, 11) is 1.60. The molecule has 0 atom stereocenters. The Morgan fingerprint density at radius 2 is 1.97 bits per heavy atom. The van der Waals surface area contributed by atoms with Gasteiger partial charge in [0.25, 0.3) is 5.91 Å². The molecule has 0 spiro atoms. The summed E-state index contributed by atoms with van der Waals surface area (Å²) in [6, 6.07) is 13.0. The van der Waals surface area contributed by atoms with Crippen LogP contribution in [0.25, 0.3) is 11.3 Å². The van der Waals surface area contributed by atoms with E-state index >= 15 is 0 Å². The molecular formula is C21H21ClN4O2S. The summed E-state index contributed by atoms with van der Waals surface area (Å²) in [6.45, 7) is 4.12. The standard InChI is InChI=1S/C21H21ClN4O2S/c1-12-8-14(10-16(22)9-12)11-24-21(23)25-20(27)18-13(2)29-26-19(18)15-4-6-17(28-3)7-5-15/h4-10H,11H2,1-3H3,(H3,23,24,25,27). The van der Waals surface area contributed by atoms with Crippen molar-refractivity contribution >= 4 is 35.0 Å². The molecule has 3 rings (SSSR count). The molecule has 150 valence electrons. The van der Waals surface area contributed by atoms with E-state index in [-0.39, 0.29) is 11.9 Å². The number of nitrogens with one attached hydrogen (secondary N) is 1. The number of benzene rings is 2. The second-order valence-electron chi connectivity index (χ2n) is 6.48. The van der Waals surface area contributed by atoms with Crippen LogP contribution in [0.15, 0.2) is 47.5 Å². The number of hydrogen-bond acceptors (Lipinski definition) is 5. The largest absolute Gasteiger partial charge is 0.497 e. The summed E-state index contributed by atoms with van der Waals surface area (Å²) >= 11 is 7.33. The van der Waals surface area contributed by atoms with Gasteiger partial charge in [0.2, 0.25) is 0 Å². The van der Waals surface area contributed by atoms with Crippen molar-refractivity contribution in [3.05, 3.63) is 69.1 Å². The minimum Gasteiger partial charge on any atom is -0.497 e. The minimum absolute atomic E-state index is 0.0407. The van der Waals surface area contributed by atoms with Crippen LogP contribution in [0.1, 0.15) is 26.4 Å². The Bertz CT molecular complexity index is 1040. The summed E-state index contributed by atoms with van der Waals surface area (Å²) in [4.78, 5) is 17.9. The van der Waals surface area contributed by atoms with E-state index in [4.69, 9.17) is 22.1 Å². The number of rotatable bonds is 5. The van der Waals surface area contributed by atoms with Gasteiger partial charge in [-0.05, 0) is 72.9 Å². The summed E-state index contributed by atoms with van der Waals surface area (Å²) in [6.07, 6.45) is 0. The fourth-order valence-corrected chi connectivity index (χ4v) is 3.90. The van der Waals surface area contributed by atoms with Gasteiger partial charge in [-0.25, -0.2) is 4.99 Å². The van der Waals surface area contributed by atoms with E-state index in [0.717, 1.165) is 27.3 Å². The maximum absolute atomic E-state index is 12.8. The van der Waals surface area contributed by atoms with E-state index in [1.54, 1.807) is 7.11 Å². The molecule has 0 aliphatic heterocycles. The Labute approximate surface area is 178 Å². The van der Waals surface area contributed by atoms with Gasteiger partial charge in [0.15, 0.2) is 5.96 Å². The number of aliphatic imine (C=N–C) groups is 1. The van der Waals surface area contributed by atoms with Crippen molar-refractivity contribution in [3.63, 3.8) is 0 Å². The van der Waals surface area contributed by atoms with E-state index < -0.39 is 0 Å². The quantitative estimate of drug-likeness (QED) is 0.467. The Balaban J connectivity index is 1.77. The fourth-order valence-electron chi connectivity index (χ4n) is 2.88. The molecule has 0 aliphatic carbocycles. The molecule has 1 aromatic heterocycles. The van der Waals surface area contributed by atoms with E-state index in [0.29, 0.717) is 22.8 Å². The normalized spacial score (nSPS) is 11.4. The van der Waals surface area contributed by atoms with E-state index in [1.807, 2.05) is 56.3 Å². The van der Waals surface area contributed by atoms with Crippen LogP contribution < -0.4 is 15.8 Å². The van der Waals surface area contributed by atoms with Crippen molar-refractivity contribution in [3.8, 4) is 17.0 Å². The average Bonchev–Trinajstić information content (AvgIpc) is 3.07. The summed E-state index contributed by atoms with van der Waals surface area (Å²) in [5.41, 5.74) is 9.80. The van der Waals surface area contributed by atoms with Gasteiger partial charge in [-0.1, -0.05) is 17.7 Å². The summed E-state index contributed by atoms with van der Waals surface area (Å²) in [5, 5.41) is 3.29. The molecule has 6 nitrogen and oxygen atoms in total. The first-order chi connectivity index (χ1) is 13.9. The highest BCUT2D eigenvalue weighted by Gasteiger charge is 2.20. The number of ether oxygens (including phenoxy) is 1. The molecule has 0 bridgehead atoms. The van der Waals surface area contributed by atoms with E-state index in [9.17, 15) is 4.79 Å². The number of nitrogens with two attached hydrogens (primary N) is 1. The van der Waals surface area contributed by atoms with Gasteiger partial charge < -0.3 is 10.5 Å². The number of halogens is 1. The lowest BCUT2D eigenvalue weighted by atomic mass is 10.1. The molecule has 2 aromatic carbocycles. The lowest BCUT2D eigenvalue weighted by molar-refractivity contribution is 0.0977. The van der Waals surface area contributed by atoms with Gasteiger partial charge >= 0.3 is 0 Å². The van der Waals surface area contributed by atoms with Crippen molar-refractivity contribution in [2.45, 2.75) is 20.4 Å². The Morgan fingerprint density at radius 1 is 1.24 bits per heavy atom. The zero-order valence-corrected chi connectivity index (χ0v) is 17.9. The van der Waals surface area contributed by atoms with Gasteiger partial charge in [0.05, 0.1) is 24.9 Å². The third kappa shape index (κ3) is 5.13. The second kappa shape index (κ2) is 9.07. The third-order valence-corrected chi connectivity index (χ3v) is 5.20. The molecule has 1 amide bonds. The number of amides is 1. The monoisotopic (exact) mass is 428 g/mol. The average molecular weight is 429 g/mol.